The number of hydrogen-bond acceptors (Lipinski definition) is 6. The summed E-state index contributed by atoms with van der Waals surface area (Å²) >= 11 is 1.02. The molecule has 0 aromatic carbocycles. The summed E-state index contributed by atoms with van der Waals surface area (Å²) in [7, 11) is 1.76. The van der Waals surface area contributed by atoms with Crippen molar-refractivity contribution in [2.45, 2.75) is 13.8 Å². The van der Waals surface area contributed by atoms with E-state index >= 15 is 0 Å². The molecule has 0 aliphatic heterocycles. The summed E-state index contributed by atoms with van der Waals surface area (Å²) < 4.78 is 1.62. The molecule has 0 atom stereocenters. The summed E-state index contributed by atoms with van der Waals surface area (Å²) in [5.74, 6) is -0.849. The predicted molar refractivity (Wildman–Crippen MR) is 70.3 cm³/mol. The first-order valence-electron chi connectivity index (χ1n) is 5.41. The number of carbonyl (C=O) groups is 2. The molecule has 0 aliphatic carbocycles. The molecule has 0 unspecified atom stereocenters. The Kier molecular flexibility index (Phi) is 3.34. The SMILES string of the molecule is CC(=O)c1sc(Nc2cc(C)nn2C)nc1C(=O)O. The average Bonchev–Trinajstić information content (AvgIpc) is 2.84. The minimum atomic E-state index is -1.21. The summed E-state index contributed by atoms with van der Waals surface area (Å²) in [6.45, 7) is 3.16. The van der Waals surface area contributed by atoms with Crippen molar-refractivity contribution in [3.63, 3.8) is 0 Å². The molecule has 0 bridgehead atoms. The molecule has 2 heterocycles. The van der Waals surface area contributed by atoms with Gasteiger partial charge in [0.25, 0.3) is 0 Å². The molecule has 0 fully saturated rings. The van der Waals surface area contributed by atoms with Crippen LogP contribution in [0.3, 0.4) is 0 Å². The fourth-order valence-electron chi connectivity index (χ4n) is 1.59. The van der Waals surface area contributed by atoms with Crippen LogP contribution in [0.15, 0.2) is 6.07 Å². The third kappa shape index (κ3) is 2.63. The molecule has 0 amide bonds. The Morgan fingerprint density at radius 2 is 2.16 bits per heavy atom. The molecule has 0 radical (unpaired) electrons. The summed E-state index contributed by atoms with van der Waals surface area (Å²) in [6, 6.07) is 1.80. The van der Waals surface area contributed by atoms with E-state index in [4.69, 9.17) is 5.11 Å². The van der Waals surface area contributed by atoms with Crippen LogP contribution in [-0.2, 0) is 7.05 Å². The Morgan fingerprint density at radius 1 is 1.47 bits per heavy atom. The number of ketones is 1. The topological polar surface area (TPSA) is 97.1 Å². The van der Waals surface area contributed by atoms with Crippen molar-refractivity contribution < 1.29 is 14.7 Å². The van der Waals surface area contributed by atoms with Crippen molar-refractivity contribution >= 4 is 34.0 Å². The normalized spacial score (nSPS) is 10.5. The second kappa shape index (κ2) is 4.81. The van der Waals surface area contributed by atoms with Crippen LogP contribution in [0, 0.1) is 6.92 Å². The van der Waals surface area contributed by atoms with Crippen molar-refractivity contribution in [1.82, 2.24) is 14.8 Å². The molecule has 8 heteroatoms. The molecule has 100 valence electrons. The van der Waals surface area contributed by atoms with Crippen LogP contribution in [0.5, 0.6) is 0 Å². The first-order valence-corrected chi connectivity index (χ1v) is 6.23. The van der Waals surface area contributed by atoms with Crippen LogP contribution in [-0.4, -0.2) is 31.6 Å². The lowest BCUT2D eigenvalue weighted by Gasteiger charge is -2.00. The number of carboxylic acids is 1. The fourth-order valence-corrected chi connectivity index (χ4v) is 2.45. The second-order valence-corrected chi connectivity index (χ2v) is 4.98. The van der Waals surface area contributed by atoms with Crippen molar-refractivity contribution in [2.75, 3.05) is 5.32 Å². The minimum absolute atomic E-state index is 0.133. The minimum Gasteiger partial charge on any atom is -0.476 e. The largest absolute Gasteiger partial charge is 0.476 e. The Bertz CT molecular complexity index is 627. The van der Waals surface area contributed by atoms with Gasteiger partial charge in [-0.05, 0) is 6.92 Å². The van der Waals surface area contributed by atoms with Gasteiger partial charge in [0, 0.05) is 20.0 Å². The number of carboxylic acid groups (broad SMARTS) is 1. The Morgan fingerprint density at radius 3 is 2.58 bits per heavy atom. The molecule has 0 aliphatic rings. The number of aromatic nitrogens is 3. The van der Waals surface area contributed by atoms with Crippen LogP contribution in [0.1, 0.15) is 32.8 Å². The van der Waals surface area contributed by atoms with Gasteiger partial charge in [-0.3, -0.25) is 9.48 Å². The number of anilines is 2. The van der Waals surface area contributed by atoms with Crippen LogP contribution in [0.2, 0.25) is 0 Å². The van der Waals surface area contributed by atoms with E-state index < -0.39 is 5.97 Å². The van der Waals surface area contributed by atoms with Crippen molar-refractivity contribution in [1.29, 1.82) is 0 Å². The zero-order valence-electron chi connectivity index (χ0n) is 10.6. The number of nitrogens with zero attached hydrogens (tertiary/aromatic N) is 3. The maximum atomic E-state index is 11.4. The quantitative estimate of drug-likeness (QED) is 0.829. The second-order valence-electron chi connectivity index (χ2n) is 3.98. The van der Waals surface area contributed by atoms with Crippen LogP contribution in [0.25, 0.3) is 0 Å². The van der Waals surface area contributed by atoms with Gasteiger partial charge in [0.2, 0.25) is 0 Å². The summed E-state index contributed by atoms with van der Waals surface area (Å²) in [6.07, 6.45) is 0. The van der Waals surface area contributed by atoms with Crippen LogP contribution < -0.4 is 5.32 Å². The molecule has 0 spiro atoms. The molecule has 0 saturated carbocycles. The van der Waals surface area contributed by atoms with Gasteiger partial charge in [0.1, 0.15) is 10.7 Å². The van der Waals surface area contributed by atoms with E-state index in [0.29, 0.717) is 10.9 Å². The van der Waals surface area contributed by atoms with Gasteiger partial charge in [-0.1, -0.05) is 11.3 Å². The third-order valence-electron chi connectivity index (χ3n) is 2.39. The summed E-state index contributed by atoms with van der Waals surface area (Å²) in [4.78, 5) is 26.4. The summed E-state index contributed by atoms with van der Waals surface area (Å²) in [5, 5.41) is 16.5. The monoisotopic (exact) mass is 280 g/mol. The highest BCUT2D eigenvalue weighted by Crippen LogP contribution is 2.26. The van der Waals surface area contributed by atoms with Gasteiger partial charge in [0.05, 0.1) is 5.69 Å². The van der Waals surface area contributed by atoms with E-state index in [-0.39, 0.29) is 16.4 Å². The third-order valence-corrected chi connectivity index (χ3v) is 3.46. The number of carbonyl (C=O) groups excluding carboxylic acids is 1. The van der Waals surface area contributed by atoms with Crippen LogP contribution >= 0.6 is 11.3 Å². The predicted octanol–water partition coefficient (Wildman–Crippen LogP) is 1.83. The van der Waals surface area contributed by atoms with Crippen molar-refractivity contribution in [3.8, 4) is 0 Å². The van der Waals surface area contributed by atoms with Gasteiger partial charge >= 0.3 is 5.97 Å². The van der Waals surface area contributed by atoms with E-state index in [9.17, 15) is 9.59 Å². The number of nitrogens with one attached hydrogen (secondary N) is 1. The van der Waals surface area contributed by atoms with Gasteiger partial charge in [-0.25, -0.2) is 9.78 Å². The Balaban J connectivity index is 2.36. The zero-order chi connectivity index (χ0) is 14.2. The Labute approximate surface area is 112 Å². The molecule has 2 N–H and O–H groups in total. The number of Topliss-reactive ketones (excluding diaryl/α,β-unsaturated/α-hetero) is 1. The van der Waals surface area contributed by atoms with E-state index in [1.54, 1.807) is 17.8 Å². The maximum Gasteiger partial charge on any atom is 0.356 e. The summed E-state index contributed by atoms with van der Waals surface area (Å²) in [5.41, 5.74) is 0.602. The van der Waals surface area contributed by atoms with E-state index in [1.807, 2.05) is 6.92 Å². The molecule has 2 aromatic heterocycles. The molecule has 7 nitrogen and oxygen atoms in total. The van der Waals surface area contributed by atoms with Gasteiger partial charge in [-0.15, -0.1) is 0 Å². The number of rotatable bonds is 4. The van der Waals surface area contributed by atoms with E-state index in [0.717, 1.165) is 17.0 Å². The molecular formula is C11H12N4O3S. The fraction of sp³-hybridized carbons (Fsp3) is 0.273. The standard InChI is InChI=1S/C11H12N4O3S/c1-5-4-7(15(3)14-5)12-11-13-8(10(17)18)9(19-11)6(2)16/h4H,1-3H3,(H,12,13)(H,17,18). The highest BCUT2D eigenvalue weighted by molar-refractivity contribution is 7.17. The zero-order valence-corrected chi connectivity index (χ0v) is 11.4. The average molecular weight is 280 g/mol. The van der Waals surface area contributed by atoms with Crippen molar-refractivity contribution in [3.05, 3.63) is 22.3 Å². The van der Waals surface area contributed by atoms with Gasteiger partial charge in [0.15, 0.2) is 16.6 Å². The van der Waals surface area contributed by atoms with E-state index in [2.05, 4.69) is 15.4 Å². The lowest BCUT2D eigenvalue weighted by atomic mass is 10.3. The molecule has 19 heavy (non-hydrogen) atoms. The van der Waals surface area contributed by atoms with E-state index in [1.165, 1.54) is 6.92 Å². The molecule has 2 aromatic rings. The number of hydrogen-bond donors (Lipinski definition) is 2. The molecule has 2 rings (SSSR count). The smallest absolute Gasteiger partial charge is 0.356 e. The highest BCUT2D eigenvalue weighted by atomic mass is 32.1. The van der Waals surface area contributed by atoms with Crippen molar-refractivity contribution in [2.24, 2.45) is 7.05 Å². The molecular weight excluding hydrogens is 268 g/mol. The number of thiazole rings is 1. The lowest BCUT2D eigenvalue weighted by Crippen LogP contribution is -2.04. The first-order chi connectivity index (χ1) is 8.88. The Hall–Kier alpha value is -2.22. The van der Waals surface area contributed by atoms with Gasteiger partial charge < -0.3 is 10.4 Å². The van der Waals surface area contributed by atoms with Gasteiger partial charge in [-0.2, -0.15) is 5.10 Å². The highest BCUT2D eigenvalue weighted by Gasteiger charge is 2.21. The number of aromatic carboxylic acids is 1. The molecule has 0 saturated heterocycles. The lowest BCUT2D eigenvalue weighted by molar-refractivity contribution is 0.0687. The first kappa shape index (κ1) is 13.2. The van der Waals surface area contributed by atoms with Crippen LogP contribution in [0.4, 0.5) is 10.9 Å². The maximum absolute atomic E-state index is 11.4. The number of aryl methyl sites for hydroxylation is 2.